The number of ether oxygens (including phenoxy) is 1. The average Bonchev–Trinajstić information content (AvgIpc) is 2.87. The highest BCUT2D eigenvalue weighted by atomic mass is 28.4. The third kappa shape index (κ3) is 4.54. The van der Waals surface area contributed by atoms with Crippen molar-refractivity contribution in [2.75, 3.05) is 13.2 Å². The van der Waals surface area contributed by atoms with Crippen molar-refractivity contribution in [1.29, 1.82) is 0 Å². The van der Waals surface area contributed by atoms with Crippen molar-refractivity contribution in [1.82, 2.24) is 9.55 Å². The lowest BCUT2D eigenvalue weighted by molar-refractivity contribution is 0.0300. The smallest absolute Gasteiger partial charge is 0.328 e. The summed E-state index contributed by atoms with van der Waals surface area (Å²) in [5, 5.41) is 10.7. The van der Waals surface area contributed by atoms with E-state index in [2.05, 4.69) is 38.8 Å². The number of rotatable bonds is 6. The number of aliphatic hydroxyl groups excluding tert-OH is 1. The lowest BCUT2D eigenvalue weighted by Crippen LogP contribution is -2.41. The highest BCUT2D eigenvalue weighted by Crippen LogP contribution is 2.36. The van der Waals surface area contributed by atoms with Gasteiger partial charge in [0.15, 0.2) is 8.32 Å². The minimum Gasteiger partial charge on any atom is -0.417 e. The minimum atomic E-state index is -1.77. The van der Waals surface area contributed by atoms with Crippen LogP contribution < -0.4 is 11.2 Å². The summed E-state index contributed by atoms with van der Waals surface area (Å²) in [7, 11) is -1.77. The van der Waals surface area contributed by atoms with Gasteiger partial charge < -0.3 is 14.3 Å². The predicted octanol–water partition coefficient (Wildman–Crippen LogP) is 1.95. The minimum absolute atomic E-state index is 0.171. The molecular weight excluding hydrogens is 352 g/mol. The van der Waals surface area contributed by atoms with Crippen LogP contribution in [0.25, 0.3) is 0 Å². The Bertz CT molecular complexity index is 734. The number of aryl methyl sites for hydroxylation is 1. The number of nitrogens with one attached hydrogen (secondary N) is 1. The fourth-order valence-electron chi connectivity index (χ4n) is 2.83. The number of aromatic nitrogens is 2. The fourth-order valence-corrected chi connectivity index (χ4v) is 3.91. The second-order valence-electron chi connectivity index (χ2n) is 8.66. The molecule has 1 aromatic heterocycles. The standard InChI is InChI=1S/C18H32N2O5Si/c1-12-10-20(17(23)19-16(12)22)13-11-24-14(15(13)21)8-7-9-25-26(5,6)18(2,3)4/h10,13-15,21H,7-9,11H2,1-6H3,(H,19,22,23)/t13-,14-,15+/m0/s1. The summed E-state index contributed by atoms with van der Waals surface area (Å²) in [4.78, 5) is 25.8. The van der Waals surface area contributed by atoms with Crippen molar-refractivity contribution < 1.29 is 14.3 Å². The van der Waals surface area contributed by atoms with E-state index in [9.17, 15) is 14.7 Å². The number of H-pyrrole nitrogens is 1. The van der Waals surface area contributed by atoms with Gasteiger partial charge >= 0.3 is 5.69 Å². The Labute approximate surface area is 155 Å². The van der Waals surface area contributed by atoms with Crippen LogP contribution in [0.2, 0.25) is 18.1 Å². The van der Waals surface area contributed by atoms with Crippen LogP contribution in [0.4, 0.5) is 0 Å². The first-order chi connectivity index (χ1) is 11.9. The van der Waals surface area contributed by atoms with Crippen molar-refractivity contribution in [3.8, 4) is 0 Å². The molecule has 1 aliphatic heterocycles. The Balaban J connectivity index is 1.92. The zero-order chi connectivity index (χ0) is 19.7. The molecule has 0 aliphatic carbocycles. The Kier molecular flexibility index (Phi) is 6.32. The normalized spacial score (nSPS) is 24.2. The van der Waals surface area contributed by atoms with Gasteiger partial charge in [0.1, 0.15) is 6.10 Å². The van der Waals surface area contributed by atoms with Crippen LogP contribution in [-0.2, 0) is 9.16 Å². The SMILES string of the molecule is Cc1cn([C@H]2CO[C@@H](CCCO[Si](C)(C)C(C)(C)C)[C@@H]2O)c(=O)[nH]c1=O. The van der Waals surface area contributed by atoms with Gasteiger partial charge in [0, 0.05) is 18.4 Å². The highest BCUT2D eigenvalue weighted by Gasteiger charge is 2.39. The summed E-state index contributed by atoms with van der Waals surface area (Å²) in [5.41, 5.74) is -0.489. The zero-order valence-corrected chi connectivity index (χ0v) is 17.7. The van der Waals surface area contributed by atoms with Gasteiger partial charge in [-0.3, -0.25) is 14.3 Å². The van der Waals surface area contributed by atoms with Crippen LogP contribution in [0, 0.1) is 6.92 Å². The van der Waals surface area contributed by atoms with Gasteiger partial charge in [-0.1, -0.05) is 20.8 Å². The van der Waals surface area contributed by atoms with Gasteiger partial charge in [-0.25, -0.2) is 4.79 Å². The Morgan fingerprint density at radius 1 is 1.38 bits per heavy atom. The Morgan fingerprint density at radius 3 is 2.65 bits per heavy atom. The van der Waals surface area contributed by atoms with Gasteiger partial charge in [-0.15, -0.1) is 0 Å². The Morgan fingerprint density at radius 2 is 2.04 bits per heavy atom. The van der Waals surface area contributed by atoms with Crippen molar-refractivity contribution >= 4 is 8.32 Å². The molecule has 0 unspecified atom stereocenters. The van der Waals surface area contributed by atoms with Gasteiger partial charge in [0.25, 0.3) is 5.56 Å². The molecule has 2 rings (SSSR count). The van der Waals surface area contributed by atoms with Gasteiger partial charge in [-0.2, -0.15) is 0 Å². The number of aliphatic hydroxyl groups is 1. The molecule has 0 spiro atoms. The van der Waals surface area contributed by atoms with Crippen molar-refractivity contribution in [3.63, 3.8) is 0 Å². The van der Waals surface area contributed by atoms with Crippen molar-refractivity contribution in [2.45, 2.75) is 76.9 Å². The maximum atomic E-state index is 12.0. The molecule has 0 bridgehead atoms. The van der Waals surface area contributed by atoms with E-state index in [1.54, 1.807) is 6.92 Å². The van der Waals surface area contributed by atoms with Crippen LogP contribution in [-0.4, -0.2) is 48.4 Å². The first-order valence-electron chi connectivity index (χ1n) is 9.20. The van der Waals surface area contributed by atoms with Crippen LogP contribution >= 0.6 is 0 Å². The van der Waals surface area contributed by atoms with Crippen LogP contribution in [0.3, 0.4) is 0 Å². The van der Waals surface area contributed by atoms with Gasteiger partial charge in [0.05, 0.1) is 18.8 Å². The number of hydrogen-bond donors (Lipinski definition) is 2. The third-order valence-electron chi connectivity index (χ3n) is 5.66. The van der Waals surface area contributed by atoms with E-state index in [0.29, 0.717) is 18.6 Å². The lowest BCUT2D eigenvalue weighted by atomic mass is 10.1. The van der Waals surface area contributed by atoms with Crippen molar-refractivity contribution in [2.24, 2.45) is 0 Å². The molecule has 2 N–H and O–H groups in total. The van der Waals surface area contributed by atoms with E-state index in [1.165, 1.54) is 10.8 Å². The first kappa shape index (κ1) is 21.1. The maximum absolute atomic E-state index is 12.0. The number of hydrogen-bond acceptors (Lipinski definition) is 5. The highest BCUT2D eigenvalue weighted by molar-refractivity contribution is 6.74. The summed E-state index contributed by atoms with van der Waals surface area (Å²) in [6.07, 6.45) is 1.83. The van der Waals surface area contributed by atoms with Gasteiger partial charge in [-0.05, 0) is 37.9 Å². The summed E-state index contributed by atoms with van der Waals surface area (Å²) in [6.45, 7) is 13.6. The summed E-state index contributed by atoms with van der Waals surface area (Å²) < 4.78 is 13.2. The maximum Gasteiger partial charge on any atom is 0.328 e. The van der Waals surface area contributed by atoms with E-state index < -0.39 is 31.7 Å². The summed E-state index contributed by atoms with van der Waals surface area (Å²) >= 11 is 0. The molecule has 1 fully saturated rings. The molecule has 1 aliphatic rings. The summed E-state index contributed by atoms with van der Waals surface area (Å²) in [5.74, 6) is 0. The second-order valence-corrected chi connectivity index (χ2v) is 13.5. The summed E-state index contributed by atoms with van der Waals surface area (Å²) in [6, 6.07) is -0.482. The van der Waals surface area contributed by atoms with Gasteiger partial charge in [0.2, 0.25) is 0 Å². The predicted molar refractivity (Wildman–Crippen MR) is 103 cm³/mol. The molecule has 148 valence electrons. The molecule has 1 saturated heterocycles. The molecule has 7 nitrogen and oxygen atoms in total. The van der Waals surface area contributed by atoms with Crippen LogP contribution in [0.1, 0.15) is 45.2 Å². The van der Waals surface area contributed by atoms with E-state index in [0.717, 1.165) is 6.42 Å². The molecule has 0 saturated carbocycles. The molecule has 26 heavy (non-hydrogen) atoms. The fraction of sp³-hybridized carbons (Fsp3) is 0.778. The molecule has 0 aromatic carbocycles. The van der Waals surface area contributed by atoms with E-state index in [4.69, 9.17) is 9.16 Å². The topological polar surface area (TPSA) is 93.6 Å². The number of nitrogens with zero attached hydrogens (tertiary/aromatic N) is 1. The second kappa shape index (κ2) is 7.80. The molecule has 2 heterocycles. The zero-order valence-electron chi connectivity index (χ0n) is 16.7. The van der Waals surface area contributed by atoms with Crippen molar-refractivity contribution in [3.05, 3.63) is 32.6 Å². The molecule has 1 aromatic rings. The van der Waals surface area contributed by atoms with E-state index >= 15 is 0 Å². The number of aromatic amines is 1. The third-order valence-corrected chi connectivity index (χ3v) is 10.2. The monoisotopic (exact) mass is 384 g/mol. The van der Waals surface area contributed by atoms with Crippen LogP contribution in [0.15, 0.2) is 15.8 Å². The first-order valence-corrected chi connectivity index (χ1v) is 12.1. The molecule has 8 heteroatoms. The average molecular weight is 385 g/mol. The van der Waals surface area contributed by atoms with Crippen LogP contribution in [0.5, 0.6) is 0 Å². The molecule has 0 amide bonds. The quantitative estimate of drug-likeness (QED) is 0.577. The Hall–Kier alpha value is -1.22. The molecule has 3 atom stereocenters. The molecular formula is C18H32N2O5Si. The van der Waals surface area contributed by atoms with E-state index in [1.807, 2.05) is 0 Å². The molecule has 0 radical (unpaired) electrons. The largest absolute Gasteiger partial charge is 0.417 e. The lowest BCUT2D eigenvalue weighted by Gasteiger charge is -2.36. The van der Waals surface area contributed by atoms with E-state index in [-0.39, 0.29) is 17.7 Å².